The zero-order valence-corrected chi connectivity index (χ0v) is 16.8. The first kappa shape index (κ1) is 18.9. The fourth-order valence-electron chi connectivity index (χ4n) is 3.48. The van der Waals surface area contributed by atoms with Gasteiger partial charge >= 0.3 is 5.63 Å². The summed E-state index contributed by atoms with van der Waals surface area (Å²) in [6.45, 7) is 0. The summed E-state index contributed by atoms with van der Waals surface area (Å²) in [5.41, 5.74) is 1.62. The third kappa shape index (κ3) is 3.52. The fourth-order valence-corrected chi connectivity index (χ4v) is 4.26. The van der Waals surface area contributed by atoms with Gasteiger partial charge in [-0.3, -0.25) is 0 Å². The number of hydrogen-bond acceptors (Lipinski definition) is 5. The van der Waals surface area contributed by atoms with E-state index in [9.17, 15) is 14.4 Å². The normalized spacial score (nSPS) is 11.7. The molecule has 6 heteroatoms. The molecule has 4 nitrogen and oxygen atoms in total. The Morgan fingerprint density at radius 2 is 1.94 bits per heavy atom. The summed E-state index contributed by atoms with van der Waals surface area (Å²) in [6, 6.07) is 21.4. The molecule has 0 unspecified atom stereocenters. The van der Waals surface area contributed by atoms with E-state index in [0.29, 0.717) is 27.4 Å². The number of allylic oxidation sites excluding steroid dienone is 1. The summed E-state index contributed by atoms with van der Waals surface area (Å²) in [7, 11) is 0. The van der Waals surface area contributed by atoms with Crippen molar-refractivity contribution in [3.8, 4) is 17.3 Å². The Labute approximate surface area is 180 Å². The predicted octanol–water partition coefficient (Wildman–Crippen LogP) is 6.27. The average molecular weight is 424 g/mol. The second kappa shape index (κ2) is 7.63. The van der Waals surface area contributed by atoms with E-state index in [4.69, 9.17) is 4.42 Å². The van der Waals surface area contributed by atoms with Crippen molar-refractivity contribution >= 4 is 44.7 Å². The lowest BCUT2D eigenvalue weighted by Gasteiger charge is -2.04. The highest BCUT2D eigenvalue weighted by Gasteiger charge is 2.15. The molecule has 0 bridgehead atoms. The highest BCUT2D eigenvalue weighted by molar-refractivity contribution is 7.11. The molecular formula is C25H13FN2O2S. The molecule has 0 fully saturated rings. The first-order valence-corrected chi connectivity index (χ1v) is 10.3. The van der Waals surface area contributed by atoms with E-state index in [1.165, 1.54) is 23.5 Å². The fraction of sp³-hybridized carbons (Fsp3) is 0. The van der Waals surface area contributed by atoms with Gasteiger partial charge in [-0.1, -0.05) is 42.5 Å². The second-order valence-corrected chi connectivity index (χ2v) is 7.77. The van der Waals surface area contributed by atoms with Crippen LogP contribution in [0.2, 0.25) is 0 Å². The summed E-state index contributed by atoms with van der Waals surface area (Å²) < 4.78 is 19.0. The molecule has 0 amide bonds. The van der Waals surface area contributed by atoms with Crippen LogP contribution in [0.1, 0.15) is 10.6 Å². The van der Waals surface area contributed by atoms with E-state index >= 15 is 0 Å². The number of rotatable bonds is 3. The Hall–Kier alpha value is -4.08. The van der Waals surface area contributed by atoms with E-state index in [2.05, 4.69) is 11.1 Å². The minimum atomic E-state index is -0.493. The highest BCUT2D eigenvalue weighted by Crippen LogP contribution is 2.30. The van der Waals surface area contributed by atoms with E-state index in [1.807, 2.05) is 30.3 Å². The van der Waals surface area contributed by atoms with Crippen LogP contribution in [0.15, 0.2) is 81.3 Å². The molecule has 3 aromatic carbocycles. The van der Waals surface area contributed by atoms with Gasteiger partial charge in [0.25, 0.3) is 0 Å². The van der Waals surface area contributed by atoms with Crippen LogP contribution in [0.25, 0.3) is 44.6 Å². The molecule has 0 spiro atoms. The van der Waals surface area contributed by atoms with Crippen molar-refractivity contribution in [3.05, 3.63) is 98.9 Å². The van der Waals surface area contributed by atoms with Crippen molar-refractivity contribution in [1.82, 2.24) is 4.98 Å². The number of nitrogens with zero attached hydrogens (tertiary/aromatic N) is 2. The molecule has 5 aromatic rings. The van der Waals surface area contributed by atoms with Crippen molar-refractivity contribution < 1.29 is 8.81 Å². The van der Waals surface area contributed by atoms with Crippen LogP contribution in [0.5, 0.6) is 0 Å². The molecule has 2 aromatic heterocycles. The van der Waals surface area contributed by atoms with Gasteiger partial charge in [-0.05, 0) is 46.7 Å². The number of benzene rings is 3. The Morgan fingerprint density at radius 3 is 2.77 bits per heavy atom. The number of nitriles is 1. The maximum absolute atomic E-state index is 13.5. The van der Waals surface area contributed by atoms with Gasteiger partial charge in [0.1, 0.15) is 22.5 Å². The maximum atomic E-state index is 13.5. The van der Waals surface area contributed by atoms with Gasteiger partial charge in [-0.25, -0.2) is 14.2 Å². The summed E-state index contributed by atoms with van der Waals surface area (Å²) >= 11 is 1.24. The summed E-state index contributed by atoms with van der Waals surface area (Å²) in [5, 5.41) is 14.6. The number of thiazole rings is 1. The molecule has 0 saturated heterocycles. The zero-order valence-electron chi connectivity index (χ0n) is 16.0. The first-order chi connectivity index (χ1) is 15.1. The van der Waals surface area contributed by atoms with Crippen LogP contribution in [-0.4, -0.2) is 4.98 Å². The standard InChI is InChI=1S/C25H13FN2O2S/c26-18-6-3-4-15(11-18)10-17(13-27)24-28-22(14-31-24)21-12-20-19-7-2-1-5-16(19)8-9-23(20)30-25(21)29/h1-12,14H/b17-10-. The zero-order chi connectivity index (χ0) is 21.4. The first-order valence-electron chi connectivity index (χ1n) is 9.41. The molecule has 5 rings (SSSR count). The smallest absolute Gasteiger partial charge is 0.345 e. The molecular weight excluding hydrogens is 411 g/mol. The van der Waals surface area contributed by atoms with Gasteiger partial charge in [-0.15, -0.1) is 11.3 Å². The monoisotopic (exact) mass is 424 g/mol. The van der Waals surface area contributed by atoms with Crippen LogP contribution in [0.3, 0.4) is 0 Å². The average Bonchev–Trinajstić information content (AvgIpc) is 3.26. The molecule has 0 N–H and O–H groups in total. The molecule has 0 radical (unpaired) electrons. The van der Waals surface area contributed by atoms with Crippen LogP contribution < -0.4 is 5.63 Å². The largest absolute Gasteiger partial charge is 0.422 e. The Bertz CT molecular complexity index is 1590. The third-order valence-corrected chi connectivity index (χ3v) is 5.81. The van der Waals surface area contributed by atoms with Crippen LogP contribution >= 0.6 is 11.3 Å². The quantitative estimate of drug-likeness (QED) is 0.194. The van der Waals surface area contributed by atoms with Gasteiger partial charge in [0, 0.05) is 10.8 Å². The van der Waals surface area contributed by atoms with Gasteiger partial charge in [0.2, 0.25) is 0 Å². The van der Waals surface area contributed by atoms with Crippen molar-refractivity contribution in [2.75, 3.05) is 0 Å². The highest BCUT2D eigenvalue weighted by atomic mass is 32.1. The molecule has 0 aliphatic rings. The predicted molar refractivity (Wildman–Crippen MR) is 121 cm³/mol. The van der Waals surface area contributed by atoms with Crippen LogP contribution in [0.4, 0.5) is 4.39 Å². The molecule has 148 valence electrons. The van der Waals surface area contributed by atoms with Gasteiger partial charge in [0.05, 0.1) is 16.8 Å². The lowest BCUT2D eigenvalue weighted by molar-refractivity contribution is 0.563. The SMILES string of the molecule is N#C/C(=C/c1cccc(F)c1)c1nc(-c2cc3c(ccc4ccccc43)oc2=O)cs1. The maximum Gasteiger partial charge on any atom is 0.345 e. The van der Waals surface area contributed by atoms with E-state index in [1.54, 1.807) is 35.7 Å². The topological polar surface area (TPSA) is 66.9 Å². The molecule has 0 aliphatic carbocycles. The Morgan fingerprint density at radius 1 is 1.06 bits per heavy atom. The molecule has 0 aliphatic heterocycles. The number of aromatic nitrogens is 1. The number of fused-ring (bicyclic) bond motifs is 3. The molecule has 0 atom stereocenters. The number of halogens is 1. The number of hydrogen-bond donors (Lipinski definition) is 0. The summed E-state index contributed by atoms with van der Waals surface area (Å²) in [6.07, 6.45) is 1.57. The van der Waals surface area contributed by atoms with Crippen molar-refractivity contribution in [3.63, 3.8) is 0 Å². The second-order valence-electron chi connectivity index (χ2n) is 6.91. The Balaban J connectivity index is 1.62. The lowest BCUT2D eigenvalue weighted by atomic mass is 10.0. The molecule has 2 heterocycles. The minimum absolute atomic E-state index is 0.289. The van der Waals surface area contributed by atoms with Crippen LogP contribution in [-0.2, 0) is 0 Å². The van der Waals surface area contributed by atoms with E-state index in [-0.39, 0.29) is 11.4 Å². The Kier molecular flexibility index (Phi) is 4.66. The lowest BCUT2D eigenvalue weighted by Crippen LogP contribution is -2.03. The van der Waals surface area contributed by atoms with Gasteiger partial charge in [-0.2, -0.15) is 5.26 Å². The van der Waals surface area contributed by atoms with Crippen molar-refractivity contribution in [2.45, 2.75) is 0 Å². The molecule has 31 heavy (non-hydrogen) atoms. The third-order valence-electron chi connectivity index (χ3n) is 4.93. The minimum Gasteiger partial charge on any atom is -0.422 e. The van der Waals surface area contributed by atoms with Gasteiger partial charge in [0.15, 0.2) is 0 Å². The summed E-state index contributed by atoms with van der Waals surface area (Å²) in [4.78, 5) is 17.1. The van der Waals surface area contributed by atoms with E-state index < -0.39 is 5.63 Å². The summed E-state index contributed by atoms with van der Waals surface area (Å²) in [5.74, 6) is -0.383. The van der Waals surface area contributed by atoms with Crippen LogP contribution in [0, 0.1) is 17.1 Å². The molecule has 0 saturated carbocycles. The van der Waals surface area contributed by atoms with Crippen molar-refractivity contribution in [2.24, 2.45) is 0 Å². The van der Waals surface area contributed by atoms with Crippen molar-refractivity contribution in [1.29, 1.82) is 5.26 Å². The van der Waals surface area contributed by atoms with Gasteiger partial charge < -0.3 is 4.42 Å². The van der Waals surface area contributed by atoms with E-state index in [0.717, 1.165) is 16.2 Å².